The Labute approximate surface area is 80.2 Å². The summed E-state index contributed by atoms with van der Waals surface area (Å²) < 4.78 is 1.75. The molecule has 1 N–H and O–H groups in total. The molecule has 0 bridgehead atoms. The van der Waals surface area contributed by atoms with Gasteiger partial charge in [-0.05, 0) is 12.1 Å². The predicted molar refractivity (Wildman–Crippen MR) is 50.5 cm³/mol. The van der Waals surface area contributed by atoms with Gasteiger partial charge in [0.05, 0.1) is 17.4 Å². The predicted octanol–water partition coefficient (Wildman–Crippen LogP) is 1.81. The standard InChI is InChI=1S/C8H7ClN4/c9-7-5-10-8(11-6-7)12-13-3-1-2-4-13/h1-6H,(H,10,11,12). The number of hydrogen-bond donors (Lipinski definition) is 1. The van der Waals surface area contributed by atoms with Gasteiger partial charge in [-0.25, -0.2) is 9.97 Å². The maximum absolute atomic E-state index is 5.63. The monoisotopic (exact) mass is 194 g/mol. The summed E-state index contributed by atoms with van der Waals surface area (Å²) >= 11 is 5.63. The molecule has 2 aromatic heterocycles. The molecule has 0 amide bonds. The van der Waals surface area contributed by atoms with Crippen LogP contribution in [0.15, 0.2) is 36.9 Å². The van der Waals surface area contributed by atoms with E-state index < -0.39 is 0 Å². The molecule has 13 heavy (non-hydrogen) atoms. The first kappa shape index (κ1) is 8.07. The quantitative estimate of drug-likeness (QED) is 0.793. The highest BCUT2D eigenvalue weighted by Gasteiger charge is 1.94. The van der Waals surface area contributed by atoms with Crippen molar-refractivity contribution >= 4 is 17.5 Å². The van der Waals surface area contributed by atoms with E-state index in [1.54, 1.807) is 17.1 Å². The lowest BCUT2D eigenvalue weighted by Gasteiger charge is -2.03. The van der Waals surface area contributed by atoms with Gasteiger partial charge in [-0.3, -0.25) is 10.1 Å². The first-order valence-corrected chi connectivity index (χ1v) is 4.10. The van der Waals surface area contributed by atoms with Gasteiger partial charge >= 0.3 is 0 Å². The molecule has 0 spiro atoms. The molecule has 5 heteroatoms. The maximum Gasteiger partial charge on any atom is 0.242 e. The molecule has 0 saturated heterocycles. The molecular weight excluding hydrogens is 188 g/mol. The summed E-state index contributed by atoms with van der Waals surface area (Å²) in [7, 11) is 0. The van der Waals surface area contributed by atoms with E-state index in [0.29, 0.717) is 11.0 Å². The SMILES string of the molecule is Clc1cnc(Nn2cccc2)nc1. The zero-order valence-corrected chi connectivity index (χ0v) is 7.44. The molecular formula is C8H7ClN4. The van der Waals surface area contributed by atoms with E-state index in [1.807, 2.05) is 24.5 Å². The Hall–Kier alpha value is -1.55. The van der Waals surface area contributed by atoms with Gasteiger partial charge in [0, 0.05) is 12.4 Å². The highest BCUT2D eigenvalue weighted by atomic mass is 35.5. The number of halogens is 1. The van der Waals surface area contributed by atoms with E-state index in [2.05, 4.69) is 15.4 Å². The van der Waals surface area contributed by atoms with Crippen LogP contribution in [-0.4, -0.2) is 14.6 Å². The average Bonchev–Trinajstić information content (AvgIpc) is 2.62. The molecule has 0 fully saturated rings. The smallest absolute Gasteiger partial charge is 0.242 e. The fourth-order valence-electron chi connectivity index (χ4n) is 0.895. The summed E-state index contributed by atoms with van der Waals surface area (Å²) in [5.41, 5.74) is 2.95. The van der Waals surface area contributed by atoms with Crippen molar-refractivity contribution in [1.82, 2.24) is 14.6 Å². The van der Waals surface area contributed by atoms with Gasteiger partial charge in [0.15, 0.2) is 0 Å². The third-order valence-corrected chi connectivity index (χ3v) is 1.65. The normalized spacial score (nSPS) is 9.92. The highest BCUT2D eigenvalue weighted by molar-refractivity contribution is 6.30. The Balaban J connectivity index is 2.15. The summed E-state index contributed by atoms with van der Waals surface area (Å²) in [5, 5.41) is 0.526. The van der Waals surface area contributed by atoms with Gasteiger partial charge in [-0.15, -0.1) is 0 Å². The number of nitrogens with one attached hydrogen (secondary N) is 1. The minimum absolute atomic E-state index is 0.514. The van der Waals surface area contributed by atoms with Crippen LogP contribution in [0.5, 0.6) is 0 Å². The molecule has 2 aromatic rings. The Kier molecular flexibility index (Phi) is 2.14. The van der Waals surface area contributed by atoms with Crippen molar-refractivity contribution in [3.8, 4) is 0 Å². The highest BCUT2D eigenvalue weighted by Crippen LogP contribution is 2.05. The molecule has 0 aliphatic rings. The molecule has 0 radical (unpaired) electrons. The Morgan fingerprint density at radius 3 is 2.38 bits per heavy atom. The molecule has 0 aromatic carbocycles. The van der Waals surface area contributed by atoms with E-state index >= 15 is 0 Å². The van der Waals surface area contributed by atoms with Gasteiger partial charge in [0.2, 0.25) is 5.95 Å². The number of rotatable bonds is 2. The molecule has 0 aliphatic heterocycles. The summed E-state index contributed by atoms with van der Waals surface area (Å²) in [5.74, 6) is 0.514. The van der Waals surface area contributed by atoms with Crippen LogP contribution in [0.1, 0.15) is 0 Å². The average molecular weight is 195 g/mol. The molecule has 66 valence electrons. The van der Waals surface area contributed by atoms with Gasteiger partial charge in [-0.1, -0.05) is 11.6 Å². The Morgan fingerprint density at radius 2 is 1.77 bits per heavy atom. The second kappa shape index (κ2) is 3.45. The van der Waals surface area contributed by atoms with E-state index in [1.165, 1.54) is 0 Å². The van der Waals surface area contributed by atoms with Crippen LogP contribution in [0.25, 0.3) is 0 Å². The largest absolute Gasteiger partial charge is 0.268 e. The fourth-order valence-corrected chi connectivity index (χ4v) is 0.992. The third-order valence-electron chi connectivity index (χ3n) is 1.45. The van der Waals surface area contributed by atoms with Crippen molar-refractivity contribution in [2.75, 3.05) is 5.43 Å². The van der Waals surface area contributed by atoms with Gasteiger partial charge in [-0.2, -0.15) is 0 Å². The Morgan fingerprint density at radius 1 is 1.15 bits per heavy atom. The lowest BCUT2D eigenvalue weighted by molar-refractivity contribution is 0.927. The molecule has 0 aliphatic carbocycles. The van der Waals surface area contributed by atoms with Crippen molar-refractivity contribution < 1.29 is 0 Å². The third kappa shape index (κ3) is 1.97. The van der Waals surface area contributed by atoms with Gasteiger partial charge in [0.25, 0.3) is 0 Å². The van der Waals surface area contributed by atoms with Crippen molar-refractivity contribution in [2.24, 2.45) is 0 Å². The van der Waals surface area contributed by atoms with E-state index in [9.17, 15) is 0 Å². The second-order valence-corrected chi connectivity index (χ2v) is 2.86. The van der Waals surface area contributed by atoms with Crippen LogP contribution >= 0.6 is 11.6 Å². The number of anilines is 1. The molecule has 0 atom stereocenters. The van der Waals surface area contributed by atoms with E-state index in [-0.39, 0.29) is 0 Å². The topological polar surface area (TPSA) is 42.7 Å². The Bertz CT molecular complexity index is 368. The number of nitrogens with zero attached hydrogens (tertiary/aromatic N) is 3. The lowest BCUT2D eigenvalue weighted by Crippen LogP contribution is -2.08. The minimum atomic E-state index is 0.514. The van der Waals surface area contributed by atoms with Crippen LogP contribution in [-0.2, 0) is 0 Å². The van der Waals surface area contributed by atoms with Gasteiger partial charge < -0.3 is 0 Å². The zero-order valence-electron chi connectivity index (χ0n) is 6.68. The molecule has 0 saturated carbocycles. The lowest BCUT2D eigenvalue weighted by atomic mass is 10.7. The maximum atomic E-state index is 5.63. The zero-order chi connectivity index (χ0) is 9.10. The van der Waals surface area contributed by atoms with Crippen molar-refractivity contribution in [2.45, 2.75) is 0 Å². The minimum Gasteiger partial charge on any atom is -0.268 e. The number of hydrogen-bond acceptors (Lipinski definition) is 3. The van der Waals surface area contributed by atoms with Gasteiger partial charge in [0.1, 0.15) is 0 Å². The van der Waals surface area contributed by atoms with Crippen molar-refractivity contribution in [1.29, 1.82) is 0 Å². The molecule has 2 heterocycles. The summed E-state index contributed by atoms with van der Waals surface area (Å²) in [6, 6.07) is 3.81. The van der Waals surface area contributed by atoms with Crippen LogP contribution < -0.4 is 5.43 Å². The molecule has 2 rings (SSSR count). The van der Waals surface area contributed by atoms with Crippen LogP contribution in [0.4, 0.5) is 5.95 Å². The first-order valence-electron chi connectivity index (χ1n) is 3.72. The molecule has 0 unspecified atom stereocenters. The van der Waals surface area contributed by atoms with Crippen molar-refractivity contribution in [3.05, 3.63) is 41.9 Å². The number of aromatic nitrogens is 3. The first-order chi connectivity index (χ1) is 6.34. The second-order valence-electron chi connectivity index (χ2n) is 2.43. The summed E-state index contributed by atoms with van der Waals surface area (Å²) in [6.07, 6.45) is 6.80. The van der Waals surface area contributed by atoms with E-state index in [0.717, 1.165) is 0 Å². The van der Waals surface area contributed by atoms with E-state index in [4.69, 9.17) is 11.6 Å². The fraction of sp³-hybridized carbons (Fsp3) is 0. The van der Waals surface area contributed by atoms with Crippen LogP contribution in [0.2, 0.25) is 5.02 Å². The summed E-state index contributed by atoms with van der Waals surface area (Å²) in [6.45, 7) is 0. The van der Waals surface area contributed by atoms with Crippen molar-refractivity contribution in [3.63, 3.8) is 0 Å². The van der Waals surface area contributed by atoms with Crippen LogP contribution in [0, 0.1) is 0 Å². The van der Waals surface area contributed by atoms with Crippen LogP contribution in [0.3, 0.4) is 0 Å². The molecule has 4 nitrogen and oxygen atoms in total. The summed E-state index contributed by atoms with van der Waals surface area (Å²) in [4.78, 5) is 7.96.